The maximum absolute atomic E-state index is 14.4. The number of piperidine rings is 1. The number of carbonyl (C=O) groups is 2. The Morgan fingerprint density at radius 1 is 1.11 bits per heavy atom. The molecule has 2 N–H and O–H groups in total. The molecule has 0 aliphatic carbocycles. The molecule has 10 heteroatoms. The van der Waals surface area contributed by atoms with E-state index in [4.69, 9.17) is 6.57 Å². The van der Waals surface area contributed by atoms with Crippen LogP contribution in [0.5, 0.6) is 0 Å². The molecule has 2 aromatic carbocycles. The highest BCUT2D eigenvalue weighted by Crippen LogP contribution is 2.38. The number of halogens is 4. The van der Waals surface area contributed by atoms with Gasteiger partial charge in [-0.15, -0.1) is 0 Å². The number of benzene rings is 2. The fourth-order valence-corrected chi connectivity index (χ4v) is 5.27. The summed E-state index contributed by atoms with van der Waals surface area (Å²) in [4.78, 5) is 31.0. The maximum atomic E-state index is 14.4. The Morgan fingerprint density at radius 2 is 1.84 bits per heavy atom. The molecule has 1 atom stereocenters. The summed E-state index contributed by atoms with van der Waals surface area (Å²) in [6, 6.07) is 6.70. The Hall–Kier alpha value is -3.71. The highest BCUT2D eigenvalue weighted by atomic mass is 19.2. The number of amides is 2. The smallest absolute Gasteiger partial charge is 0.262 e. The highest BCUT2D eigenvalue weighted by Gasteiger charge is 2.44. The van der Waals surface area contributed by atoms with Gasteiger partial charge in [0.15, 0.2) is 11.6 Å². The molecule has 4 rings (SSSR count). The average Bonchev–Trinajstić information content (AvgIpc) is 2.88. The molecule has 6 nitrogen and oxygen atoms in total. The molecule has 1 fully saturated rings. The number of allylic oxidation sites excluding steroid dienone is 1. The number of rotatable bonds is 7. The van der Waals surface area contributed by atoms with E-state index in [0.29, 0.717) is 62.3 Å². The lowest BCUT2D eigenvalue weighted by Crippen LogP contribution is -2.42. The maximum Gasteiger partial charge on any atom is 0.262 e. The minimum Gasteiger partial charge on any atom is -0.352 e. The van der Waals surface area contributed by atoms with Crippen LogP contribution in [-0.2, 0) is 15.1 Å². The second kappa shape index (κ2) is 11.4. The molecule has 1 unspecified atom stereocenters. The van der Waals surface area contributed by atoms with Crippen molar-refractivity contribution in [1.29, 1.82) is 0 Å². The largest absolute Gasteiger partial charge is 0.352 e. The van der Waals surface area contributed by atoms with Crippen LogP contribution in [0.4, 0.5) is 17.6 Å². The van der Waals surface area contributed by atoms with Crippen LogP contribution in [-0.4, -0.2) is 42.9 Å². The van der Waals surface area contributed by atoms with Crippen LogP contribution in [0.3, 0.4) is 0 Å². The molecule has 2 aliphatic heterocycles. The van der Waals surface area contributed by atoms with Crippen LogP contribution in [0.2, 0.25) is 0 Å². The van der Waals surface area contributed by atoms with Gasteiger partial charge in [0.2, 0.25) is 11.8 Å². The van der Waals surface area contributed by atoms with E-state index in [1.807, 2.05) is 0 Å². The number of hydrogen-bond acceptors (Lipinski definition) is 3. The number of carbonyl (C=O) groups excluding carboxylic acids is 2. The van der Waals surface area contributed by atoms with Crippen molar-refractivity contribution >= 4 is 11.8 Å². The number of nitrogens with zero attached hydrogens (tertiary/aromatic N) is 2. The van der Waals surface area contributed by atoms with Gasteiger partial charge in [0, 0.05) is 62.2 Å². The van der Waals surface area contributed by atoms with E-state index in [0.717, 1.165) is 18.2 Å². The number of likely N-dealkylation sites (tertiary alicyclic amines) is 1. The predicted molar refractivity (Wildman–Crippen MR) is 132 cm³/mol. The lowest BCUT2D eigenvalue weighted by molar-refractivity contribution is -0.121. The SMILES string of the molecule is [C-]#[N+]C1(c2ccc(F)cc2F)CCN(CCCNC(=O)C2=C(C)NC(=O)CC2c2ccc(F)c(F)c2)CC1. The molecule has 0 radical (unpaired) electrons. The molecule has 0 aromatic heterocycles. The predicted octanol–water partition coefficient (Wildman–Crippen LogP) is 4.54. The first-order valence-corrected chi connectivity index (χ1v) is 12.4. The van der Waals surface area contributed by atoms with Gasteiger partial charge < -0.3 is 20.4 Å². The lowest BCUT2D eigenvalue weighted by Gasteiger charge is -2.34. The second-order valence-corrected chi connectivity index (χ2v) is 9.74. The molecule has 0 saturated carbocycles. The molecule has 2 aliphatic rings. The van der Waals surface area contributed by atoms with E-state index in [9.17, 15) is 27.2 Å². The van der Waals surface area contributed by atoms with Crippen molar-refractivity contribution in [3.05, 3.63) is 93.5 Å². The Kier molecular flexibility index (Phi) is 8.17. The van der Waals surface area contributed by atoms with Gasteiger partial charge in [-0.3, -0.25) is 9.59 Å². The number of hydrogen-bond donors (Lipinski definition) is 2. The minimum atomic E-state index is -1.04. The van der Waals surface area contributed by atoms with Crippen molar-refractivity contribution in [2.45, 2.75) is 44.1 Å². The molecular formula is C28H28F4N4O2. The highest BCUT2D eigenvalue weighted by molar-refractivity contribution is 5.99. The lowest BCUT2D eigenvalue weighted by atomic mass is 9.81. The molecular weight excluding hydrogens is 500 g/mol. The third-order valence-corrected chi connectivity index (χ3v) is 7.33. The Morgan fingerprint density at radius 3 is 2.50 bits per heavy atom. The van der Waals surface area contributed by atoms with Crippen LogP contribution in [0.25, 0.3) is 4.85 Å². The van der Waals surface area contributed by atoms with Crippen LogP contribution >= 0.6 is 0 Å². The van der Waals surface area contributed by atoms with Gasteiger partial charge in [-0.25, -0.2) is 24.1 Å². The van der Waals surface area contributed by atoms with Crippen molar-refractivity contribution in [3.8, 4) is 0 Å². The molecule has 2 heterocycles. The minimum absolute atomic E-state index is 0.0591. The Balaban J connectivity index is 1.32. The van der Waals surface area contributed by atoms with Crippen molar-refractivity contribution in [1.82, 2.24) is 15.5 Å². The fraction of sp³-hybridized carbons (Fsp3) is 0.393. The van der Waals surface area contributed by atoms with Crippen molar-refractivity contribution in [3.63, 3.8) is 0 Å². The van der Waals surface area contributed by atoms with Crippen LogP contribution in [0.15, 0.2) is 47.7 Å². The van der Waals surface area contributed by atoms with E-state index in [-0.39, 0.29) is 17.9 Å². The summed E-state index contributed by atoms with van der Waals surface area (Å²) < 4.78 is 54.9. The second-order valence-electron chi connectivity index (χ2n) is 9.74. The van der Waals surface area contributed by atoms with Crippen molar-refractivity contribution < 1.29 is 27.2 Å². The van der Waals surface area contributed by atoms with Gasteiger partial charge >= 0.3 is 0 Å². The molecule has 38 heavy (non-hydrogen) atoms. The zero-order valence-electron chi connectivity index (χ0n) is 20.9. The van der Waals surface area contributed by atoms with Crippen molar-refractivity contribution in [2.24, 2.45) is 0 Å². The molecule has 2 amide bonds. The van der Waals surface area contributed by atoms with E-state index in [1.165, 1.54) is 18.2 Å². The topological polar surface area (TPSA) is 65.8 Å². The summed E-state index contributed by atoms with van der Waals surface area (Å²) in [7, 11) is 0. The fourth-order valence-electron chi connectivity index (χ4n) is 5.27. The standard InChI is InChI=1S/C28H28F4N4O2/c1-17-26(20(16-25(37)35-17)18-4-7-22(30)24(32)14-18)27(38)34-10-3-11-36-12-8-28(33-2,9-13-36)21-6-5-19(29)15-23(21)31/h4-7,14-15,20H,3,8-13,16H2,1H3,(H,34,38)(H,35,37). The normalized spacial score (nSPS) is 19.6. The van der Waals surface area contributed by atoms with E-state index < -0.39 is 40.6 Å². The third-order valence-electron chi connectivity index (χ3n) is 7.33. The van der Waals surface area contributed by atoms with Crippen LogP contribution in [0, 0.1) is 29.8 Å². The third kappa shape index (κ3) is 5.73. The molecule has 200 valence electrons. The molecule has 0 spiro atoms. The zero-order valence-corrected chi connectivity index (χ0v) is 20.9. The van der Waals surface area contributed by atoms with Gasteiger partial charge in [0.25, 0.3) is 5.54 Å². The van der Waals surface area contributed by atoms with Gasteiger partial charge in [-0.1, -0.05) is 6.07 Å². The van der Waals surface area contributed by atoms with Gasteiger partial charge in [-0.05, 0) is 49.7 Å². The zero-order chi connectivity index (χ0) is 27.4. The summed E-state index contributed by atoms with van der Waals surface area (Å²) in [6.07, 6.45) is 1.37. The first-order valence-electron chi connectivity index (χ1n) is 12.4. The van der Waals surface area contributed by atoms with Crippen LogP contribution < -0.4 is 10.6 Å². The van der Waals surface area contributed by atoms with E-state index in [1.54, 1.807) is 6.92 Å². The summed E-state index contributed by atoms with van der Waals surface area (Å²) in [5, 5.41) is 5.50. The van der Waals surface area contributed by atoms with Crippen LogP contribution in [0.1, 0.15) is 49.7 Å². The summed E-state index contributed by atoms with van der Waals surface area (Å²) >= 11 is 0. The Labute approximate surface area is 218 Å². The monoisotopic (exact) mass is 528 g/mol. The quantitative estimate of drug-likeness (QED) is 0.315. The molecule has 2 aromatic rings. The first kappa shape index (κ1) is 27.3. The average molecular weight is 529 g/mol. The molecule has 0 bridgehead atoms. The summed E-state index contributed by atoms with van der Waals surface area (Å²) in [5.41, 5.74) is 0.217. The van der Waals surface area contributed by atoms with E-state index in [2.05, 4.69) is 20.4 Å². The number of nitrogens with one attached hydrogen (secondary N) is 2. The first-order chi connectivity index (χ1) is 18.1. The van der Waals surface area contributed by atoms with Gasteiger partial charge in [0.1, 0.15) is 11.6 Å². The van der Waals surface area contributed by atoms with Gasteiger partial charge in [-0.2, -0.15) is 0 Å². The van der Waals surface area contributed by atoms with Crippen molar-refractivity contribution in [2.75, 3.05) is 26.2 Å². The molecule has 1 saturated heterocycles. The van der Waals surface area contributed by atoms with E-state index >= 15 is 0 Å². The summed E-state index contributed by atoms with van der Waals surface area (Å²) in [5.74, 6) is -4.84. The van der Waals surface area contributed by atoms with Gasteiger partial charge in [0.05, 0.1) is 5.56 Å². The Bertz CT molecular complexity index is 1310. The summed E-state index contributed by atoms with van der Waals surface area (Å²) in [6.45, 7) is 11.4.